The normalized spacial score (nSPS) is 11.7. The van der Waals surface area contributed by atoms with E-state index in [1.807, 2.05) is 0 Å². The smallest absolute Gasteiger partial charge is 0.398 e. The maximum Gasteiger partial charge on any atom is 0.398 e. The molecule has 0 heterocycles. The molecule has 1 aromatic rings. The van der Waals surface area contributed by atoms with Crippen LogP contribution in [0.5, 0.6) is 5.75 Å². The van der Waals surface area contributed by atoms with Crippen LogP contribution in [-0.4, -0.2) is 24.4 Å². The van der Waals surface area contributed by atoms with Crippen molar-refractivity contribution < 1.29 is 17.9 Å². The zero-order valence-corrected chi connectivity index (χ0v) is 12.9. The van der Waals surface area contributed by atoms with E-state index in [1.54, 1.807) is 25.1 Å². The third-order valence-electron chi connectivity index (χ3n) is 2.60. The summed E-state index contributed by atoms with van der Waals surface area (Å²) in [6.45, 7) is 2.35. The number of thioether (sulfide) groups is 1. The zero-order chi connectivity index (χ0) is 15.0. The molecule has 0 spiro atoms. The van der Waals surface area contributed by atoms with Crippen molar-refractivity contribution in [3.05, 3.63) is 23.8 Å². The molecule has 0 saturated carbocycles. The van der Waals surface area contributed by atoms with E-state index in [2.05, 4.69) is 0 Å². The van der Waals surface area contributed by atoms with Crippen molar-refractivity contribution in [1.82, 2.24) is 0 Å². The molecular weight excluding hydrogens is 309 g/mol. The lowest BCUT2D eigenvalue weighted by molar-refractivity contribution is -0.105. The Morgan fingerprint density at radius 1 is 1.20 bits per heavy atom. The molecule has 0 aromatic heterocycles. The number of halogens is 4. The van der Waals surface area contributed by atoms with Gasteiger partial charge in [-0.1, -0.05) is 6.07 Å². The maximum atomic E-state index is 12.2. The third kappa shape index (κ3) is 7.29. The lowest BCUT2D eigenvalue weighted by Crippen LogP contribution is -2.10. The summed E-state index contributed by atoms with van der Waals surface area (Å²) in [4.78, 5) is 0.612. The Morgan fingerprint density at radius 2 is 1.95 bits per heavy atom. The van der Waals surface area contributed by atoms with Crippen LogP contribution in [0.15, 0.2) is 23.1 Å². The highest BCUT2D eigenvalue weighted by Crippen LogP contribution is 2.31. The van der Waals surface area contributed by atoms with E-state index in [9.17, 15) is 13.2 Å². The van der Waals surface area contributed by atoms with E-state index in [0.717, 1.165) is 36.6 Å². The number of hydrogen-bond acceptors (Lipinski definition) is 2. The number of alkyl halides is 4. The molecule has 114 valence electrons. The summed E-state index contributed by atoms with van der Waals surface area (Å²) in [7, 11) is 0. The molecule has 0 aliphatic heterocycles. The second-order valence-corrected chi connectivity index (χ2v) is 5.82. The van der Waals surface area contributed by atoms with Gasteiger partial charge in [0.25, 0.3) is 0 Å². The molecule has 1 aromatic carbocycles. The van der Waals surface area contributed by atoms with Crippen LogP contribution in [0, 0.1) is 6.92 Å². The number of rotatable bonds is 8. The summed E-state index contributed by atoms with van der Waals surface area (Å²) in [5.41, 5.74) is 0.828. The first-order chi connectivity index (χ1) is 9.42. The van der Waals surface area contributed by atoms with E-state index in [-0.39, 0.29) is 0 Å². The van der Waals surface area contributed by atoms with Gasteiger partial charge in [0.15, 0.2) is 0 Å². The lowest BCUT2D eigenvalue weighted by Gasteiger charge is -2.11. The van der Waals surface area contributed by atoms with Crippen molar-refractivity contribution in [2.75, 3.05) is 18.2 Å². The van der Waals surface area contributed by atoms with Crippen LogP contribution >= 0.6 is 23.4 Å². The van der Waals surface area contributed by atoms with Gasteiger partial charge in [0.1, 0.15) is 5.75 Å². The van der Waals surface area contributed by atoms with Crippen LogP contribution < -0.4 is 4.74 Å². The second kappa shape index (κ2) is 8.67. The van der Waals surface area contributed by atoms with E-state index in [1.165, 1.54) is 0 Å². The first-order valence-electron chi connectivity index (χ1n) is 6.41. The largest absolute Gasteiger partial charge is 0.494 e. The molecule has 0 N–H and O–H groups in total. The quantitative estimate of drug-likeness (QED) is 0.357. The van der Waals surface area contributed by atoms with Crippen LogP contribution in [0.4, 0.5) is 13.2 Å². The van der Waals surface area contributed by atoms with Crippen molar-refractivity contribution in [3.63, 3.8) is 0 Å². The Morgan fingerprint density at radius 3 is 2.60 bits per heavy atom. The minimum absolute atomic E-state index is 0.559. The molecule has 0 bridgehead atoms. The Bertz CT molecular complexity index is 410. The Labute approximate surface area is 126 Å². The van der Waals surface area contributed by atoms with Crippen LogP contribution in [0.25, 0.3) is 0 Å². The van der Waals surface area contributed by atoms with Crippen molar-refractivity contribution in [2.24, 2.45) is 0 Å². The van der Waals surface area contributed by atoms with Crippen LogP contribution in [0.1, 0.15) is 24.8 Å². The van der Waals surface area contributed by atoms with Gasteiger partial charge in [0.05, 0.1) is 12.4 Å². The average molecular weight is 327 g/mol. The predicted molar refractivity (Wildman–Crippen MR) is 78.0 cm³/mol. The molecule has 6 heteroatoms. The number of ether oxygens (including phenoxy) is 1. The Hall–Kier alpha value is -0.550. The summed E-state index contributed by atoms with van der Waals surface area (Å²) < 4.78 is 42.2. The highest BCUT2D eigenvalue weighted by Gasteiger charge is 2.27. The fourth-order valence-corrected chi connectivity index (χ4v) is 2.55. The molecule has 1 nitrogen and oxygen atoms in total. The minimum Gasteiger partial charge on any atom is -0.494 e. The predicted octanol–water partition coefficient (Wildman–Crippen LogP) is 5.44. The molecule has 0 atom stereocenters. The minimum atomic E-state index is -4.16. The van der Waals surface area contributed by atoms with Gasteiger partial charge in [-0.2, -0.15) is 13.2 Å². The number of unbranched alkanes of at least 4 members (excludes halogenated alkanes) is 2. The average Bonchev–Trinajstić information content (AvgIpc) is 2.38. The topological polar surface area (TPSA) is 9.23 Å². The number of aryl methyl sites for hydroxylation is 1. The fourth-order valence-electron chi connectivity index (χ4n) is 1.55. The standard InChI is InChI=1S/C14H18ClF3OS/c1-11-5-6-12(19-8-4-2-3-7-15)9-13(11)20-10-14(16,17)18/h5-6,9H,2-4,7-8,10H2,1H3. The van der Waals surface area contributed by atoms with Gasteiger partial charge in [-0.25, -0.2) is 0 Å². The molecule has 0 saturated heterocycles. The highest BCUT2D eigenvalue weighted by atomic mass is 35.5. The molecule has 0 aliphatic carbocycles. The molecule has 0 amide bonds. The molecule has 0 aliphatic rings. The van der Waals surface area contributed by atoms with Gasteiger partial charge >= 0.3 is 6.18 Å². The van der Waals surface area contributed by atoms with Gasteiger partial charge in [-0.05, 0) is 43.9 Å². The molecule has 0 fully saturated rings. The van der Waals surface area contributed by atoms with E-state index in [4.69, 9.17) is 16.3 Å². The summed E-state index contributed by atoms with van der Waals surface area (Å²) in [5, 5.41) is 0. The highest BCUT2D eigenvalue weighted by molar-refractivity contribution is 7.99. The summed E-state index contributed by atoms with van der Waals surface area (Å²) >= 11 is 6.36. The molecular formula is C14H18ClF3OS. The maximum absolute atomic E-state index is 12.2. The van der Waals surface area contributed by atoms with Gasteiger partial charge in [-0.15, -0.1) is 23.4 Å². The number of hydrogen-bond donors (Lipinski definition) is 0. The lowest BCUT2D eigenvalue weighted by atomic mass is 10.2. The summed E-state index contributed by atoms with van der Waals surface area (Å²) in [5.74, 6) is 0.377. The fraction of sp³-hybridized carbons (Fsp3) is 0.571. The Balaban J connectivity index is 2.48. The van der Waals surface area contributed by atoms with Crippen LogP contribution in [0.2, 0.25) is 0 Å². The van der Waals surface area contributed by atoms with Crippen molar-refractivity contribution in [2.45, 2.75) is 37.3 Å². The Kier molecular flexibility index (Phi) is 7.59. The van der Waals surface area contributed by atoms with Crippen molar-refractivity contribution >= 4 is 23.4 Å². The van der Waals surface area contributed by atoms with E-state index in [0.29, 0.717) is 23.1 Å². The summed E-state index contributed by atoms with van der Waals surface area (Å²) in [6, 6.07) is 5.24. The zero-order valence-electron chi connectivity index (χ0n) is 11.3. The first-order valence-corrected chi connectivity index (χ1v) is 7.93. The first kappa shape index (κ1) is 17.5. The molecule has 0 unspecified atom stereocenters. The summed E-state index contributed by atoms with van der Waals surface area (Å²) in [6.07, 6.45) is -1.32. The van der Waals surface area contributed by atoms with Crippen LogP contribution in [-0.2, 0) is 0 Å². The van der Waals surface area contributed by atoms with Crippen LogP contribution in [0.3, 0.4) is 0 Å². The van der Waals surface area contributed by atoms with Gasteiger partial charge in [-0.3, -0.25) is 0 Å². The van der Waals surface area contributed by atoms with Crippen molar-refractivity contribution in [3.8, 4) is 5.75 Å². The van der Waals surface area contributed by atoms with Crippen molar-refractivity contribution in [1.29, 1.82) is 0 Å². The monoisotopic (exact) mass is 326 g/mol. The molecule has 1 rings (SSSR count). The number of benzene rings is 1. The molecule has 0 radical (unpaired) electrons. The third-order valence-corrected chi connectivity index (χ3v) is 4.09. The second-order valence-electron chi connectivity index (χ2n) is 4.43. The van der Waals surface area contributed by atoms with Gasteiger partial charge < -0.3 is 4.74 Å². The van der Waals surface area contributed by atoms with Gasteiger partial charge in [0, 0.05) is 10.8 Å². The van der Waals surface area contributed by atoms with E-state index >= 15 is 0 Å². The molecule has 20 heavy (non-hydrogen) atoms. The van der Waals surface area contributed by atoms with Gasteiger partial charge in [0.2, 0.25) is 0 Å². The SMILES string of the molecule is Cc1ccc(OCCCCCCl)cc1SCC(F)(F)F. The van der Waals surface area contributed by atoms with E-state index < -0.39 is 11.9 Å².